The van der Waals surface area contributed by atoms with Crippen LogP contribution in [0.2, 0.25) is 0 Å². The van der Waals surface area contributed by atoms with Crippen LogP contribution in [-0.4, -0.2) is 44.3 Å². The van der Waals surface area contributed by atoms with E-state index in [0.29, 0.717) is 30.4 Å². The highest BCUT2D eigenvalue weighted by Crippen LogP contribution is 2.69. The molecule has 7 heteroatoms. The van der Waals surface area contributed by atoms with Gasteiger partial charge < -0.3 is 21.1 Å². The summed E-state index contributed by atoms with van der Waals surface area (Å²) in [4.78, 5) is 0. The average Bonchev–Trinajstić information content (AvgIpc) is 2.89. The molecule has 4 aliphatic rings. The lowest BCUT2D eigenvalue weighted by Gasteiger charge is -2.64. The minimum Gasteiger partial charge on any atom is -0.393 e. The zero-order chi connectivity index (χ0) is 21.2. The summed E-state index contributed by atoms with van der Waals surface area (Å²) in [5, 5.41) is 45.6. The van der Waals surface area contributed by atoms with Gasteiger partial charge in [-0.1, -0.05) is 13.8 Å². The van der Waals surface area contributed by atoms with Crippen molar-refractivity contribution in [1.82, 2.24) is 5.43 Å². The maximum absolute atomic E-state index is 12.1. The quantitative estimate of drug-likeness (QED) is 0.237. The molecule has 164 valence electrons. The molecule has 2 unspecified atom stereocenters. The third-order valence-corrected chi connectivity index (χ3v) is 9.91. The maximum Gasteiger partial charge on any atom is 0.206 e. The first-order chi connectivity index (χ1) is 13.5. The number of guanidine groups is 1. The molecule has 7 nitrogen and oxygen atoms in total. The number of nitrogens with two attached hydrogens (primary N) is 1. The normalized spacial score (nSPS) is 52.3. The number of aliphatic hydroxyl groups excluding tert-OH is 1. The lowest BCUT2D eigenvalue weighted by atomic mass is 9.43. The largest absolute Gasteiger partial charge is 0.393 e. The van der Waals surface area contributed by atoms with E-state index in [0.717, 1.165) is 44.9 Å². The van der Waals surface area contributed by atoms with Crippen molar-refractivity contribution in [3.63, 3.8) is 0 Å². The fraction of sp³-hybridized carbons (Fsp3) is 0.909. The number of nitrogens with zero attached hydrogens (tertiary/aromatic N) is 1. The molecule has 0 saturated heterocycles. The third kappa shape index (κ3) is 2.73. The minimum absolute atomic E-state index is 0.166. The summed E-state index contributed by atoms with van der Waals surface area (Å²) in [6, 6.07) is 0. The number of fused-ring (bicyclic) bond motifs is 5. The monoisotopic (exact) mass is 406 g/mol. The van der Waals surface area contributed by atoms with E-state index in [4.69, 9.17) is 11.1 Å². The molecule has 4 aliphatic carbocycles. The van der Waals surface area contributed by atoms with Crippen LogP contribution in [0, 0.1) is 34.0 Å². The highest BCUT2D eigenvalue weighted by atomic mass is 16.3. The van der Waals surface area contributed by atoms with Crippen LogP contribution >= 0.6 is 0 Å². The Balaban J connectivity index is 1.66. The first-order valence-corrected chi connectivity index (χ1v) is 11.3. The van der Waals surface area contributed by atoms with E-state index in [1.54, 1.807) is 6.92 Å². The van der Waals surface area contributed by atoms with Crippen molar-refractivity contribution in [2.45, 2.75) is 95.9 Å². The number of hydrogen-bond acceptors (Lipinski definition) is 5. The van der Waals surface area contributed by atoms with Crippen molar-refractivity contribution in [2.24, 2.45) is 39.4 Å². The molecule has 0 aliphatic heterocycles. The molecule has 29 heavy (non-hydrogen) atoms. The molecule has 0 aromatic rings. The fourth-order valence-electron chi connectivity index (χ4n) is 8.04. The van der Waals surface area contributed by atoms with Crippen LogP contribution in [0.3, 0.4) is 0 Å². The molecule has 4 fully saturated rings. The first-order valence-electron chi connectivity index (χ1n) is 11.3. The minimum atomic E-state index is -1.21. The van der Waals surface area contributed by atoms with E-state index in [9.17, 15) is 15.3 Å². The van der Waals surface area contributed by atoms with E-state index in [1.807, 2.05) is 6.92 Å². The highest BCUT2D eigenvalue weighted by molar-refractivity contribution is 5.92. The Morgan fingerprint density at radius 3 is 2.45 bits per heavy atom. The SMILES string of the molecule is C/C(=N/NC(=N)N)[C@@]1(O)CC[C@@]2(O)[C@@H]3CCC4CC(O)CC[C@]4(C)[C@H]3CC[C@@]21C. The second-order valence-corrected chi connectivity index (χ2v) is 10.8. The van der Waals surface area contributed by atoms with Gasteiger partial charge >= 0.3 is 0 Å². The number of nitrogens with one attached hydrogen (secondary N) is 2. The standard InChI is InChI=1S/C22H38N4O3/c1-13(25-26-18(23)24)21(28)10-11-22(29)17-5-4-14-12-15(27)6-8-19(14,2)16(17)7-9-20(21,22)3/h14-17,27-29H,4-12H2,1-3H3,(H4,23,24,26)/b25-13-/t14?,15?,16-,17+,19-,20+,21-,22+/m0/s1. The summed E-state index contributed by atoms with van der Waals surface area (Å²) in [5.41, 5.74) is 5.66. The molecule has 0 bridgehead atoms. The number of hydrogen-bond donors (Lipinski definition) is 6. The lowest BCUT2D eigenvalue weighted by Crippen LogP contribution is -2.66. The van der Waals surface area contributed by atoms with Gasteiger partial charge in [0.1, 0.15) is 5.60 Å². The van der Waals surface area contributed by atoms with Gasteiger partial charge in [0.2, 0.25) is 5.96 Å². The average molecular weight is 407 g/mol. The molecule has 0 aromatic carbocycles. The third-order valence-electron chi connectivity index (χ3n) is 9.91. The summed E-state index contributed by atoms with van der Waals surface area (Å²) in [6.07, 6.45) is 7.38. The van der Waals surface area contributed by atoms with Crippen LogP contribution < -0.4 is 11.2 Å². The predicted molar refractivity (Wildman–Crippen MR) is 112 cm³/mol. The predicted octanol–water partition coefficient (Wildman–Crippen LogP) is 2.09. The van der Waals surface area contributed by atoms with Crippen molar-refractivity contribution in [2.75, 3.05) is 0 Å². The van der Waals surface area contributed by atoms with Crippen molar-refractivity contribution in [1.29, 1.82) is 5.41 Å². The van der Waals surface area contributed by atoms with Crippen molar-refractivity contribution in [3.05, 3.63) is 0 Å². The first kappa shape index (κ1) is 21.1. The topological polar surface area (TPSA) is 135 Å². The van der Waals surface area contributed by atoms with E-state index in [-0.39, 0.29) is 23.4 Å². The summed E-state index contributed by atoms with van der Waals surface area (Å²) in [5.74, 6) is 0.867. The van der Waals surface area contributed by atoms with Crippen LogP contribution in [0.4, 0.5) is 0 Å². The van der Waals surface area contributed by atoms with Crippen LogP contribution in [0.5, 0.6) is 0 Å². The molecule has 4 rings (SSSR count). The molecule has 0 spiro atoms. The Labute approximate surface area is 173 Å². The Morgan fingerprint density at radius 2 is 1.76 bits per heavy atom. The number of aliphatic hydroxyl groups is 3. The van der Waals surface area contributed by atoms with E-state index >= 15 is 0 Å². The Morgan fingerprint density at radius 1 is 1.03 bits per heavy atom. The smallest absolute Gasteiger partial charge is 0.206 e. The molecular formula is C22H38N4O3. The van der Waals surface area contributed by atoms with Gasteiger partial charge in [-0.3, -0.25) is 5.41 Å². The van der Waals surface area contributed by atoms with Crippen molar-refractivity contribution < 1.29 is 15.3 Å². The van der Waals surface area contributed by atoms with Gasteiger partial charge in [-0.25, -0.2) is 5.43 Å². The second-order valence-electron chi connectivity index (χ2n) is 10.8. The molecule has 0 aromatic heterocycles. The van der Waals surface area contributed by atoms with Gasteiger partial charge in [0.05, 0.1) is 17.4 Å². The summed E-state index contributed by atoms with van der Waals surface area (Å²) in [7, 11) is 0. The summed E-state index contributed by atoms with van der Waals surface area (Å²) in [6.45, 7) is 6.18. The molecule has 0 heterocycles. The molecule has 0 radical (unpaired) electrons. The zero-order valence-corrected chi connectivity index (χ0v) is 18.0. The van der Waals surface area contributed by atoms with Gasteiger partial charge in [-0.05, 0) is 87.9 Å². The van der Waals surface area contributed by atoms with E-state index < -0.39 is 16.6 Å². The number of rotatable bonds is 2. The van der Waals surface area contributed by atoms with Gasteiger partial charge in [-0.2, -0.15) is 5.10 Å². The lowest BCUT2D eigenvalue weighted by molar-refractivity contribution is -0.224. The van der Waals surface area contributed by atoms with Gasteiger partial charge in [0, 0.05) is 5.41 Å². The molecule has 0 amide bonds. The molecule has 7 N–H and O–H groups in total. The summed E-state index contributed by atoms with van der Waals surface area (Å²) < 4.78 is 0. The van der Waals surface area contributed by atoms with E-state index in [1.165, 1.54) is 0 Å². The zero-order valence-electron chi connectivity index (χ0n) is 18.0. The molecular weight excluding hydrogens is 368 g/mol. The second kappa shape index (κ2) is 6.66. The maximum atomic E-state index is 12.1. The number of hydrazone groups is 1. The Bertz CT molecular complexity index is 729. The fourth-order valence-corrected chi connectivity index (χ4v) is 8.04. The van der Waals surface area contributed by atoms with Crippen LogP contribution in [0.15, 0.2) is 5.10 Å². The molecule has 8 atom stereocenters. The van der Waals surface area contributed by atoms with Crippen LogP contribution in [0.1, 0.15) is 78.6 Å². The van der Waals surface area contributed by atoms with Gasteiger partial charge in [-0.15, -0.1) is 0 Å². The molecule has 4 saturated carbocycles. The Hall–Kier alpha value is -1.18. The van der Waals surface area contributed by atoms with Gasteiger partial charge in [0.15, 0.2) is 0 Å². The van der Waals surface area contributed by atoms with Crippen LogP contribution in [0.25, 0.3) is 0 Å². The Kier molecular flexibility index (Phi) is 4.84. The highest BCUT2D eigenvalue weighted by Gasteiger charge is 2.72. The van der Waals surface area contributed by atoms with Gasteiger partial charge in [0.25, 0.3) is 0 Å². The summed E-state index contributed by atoms with van der Waals surface area (Å²) >= 11 is 0. The van der Waals surface area contributed by atoms with Crippen molar-refractivity contribution >= 4 is 11.7 Å². The van der Waals surface area contributed by atoms with Crippen molar-refractivity contribution in [3.8, 4) is 0 Å². The van der Waals surface area contributed by atoms with Crippen LogP contribution in [-0.2, 0) is 0 Å². The van der Waals surface area contributed by atoms with E-state index in [2.05, 4.69) is 17.5 Å².